The van der Waals surface area contributed by atoms with Gasteiger partial charge in [-0.05, 0) is 49.7 Å². The zero-order valence-electron chi connectivity index (χ0n) is 20.2. The number of imidazole rings is 1. The molecule has 0 radical (unpaired) electrons. The van der Waals surface area contributed by atoms with Crippen molar-refractivity contribution in [2.24, 2.45) is 0 Å². The molecule has 186 valence electrons. The van der Waals surface area contributed by atoms with Gasteiger partial charge in [0.15, 0.2) is 0 Å². The molecule has 0 atom stereocenters. The van der Waals surface area contributed by atoms with Gasteiger partial charge in [-0.3, -0.25) is 39.3 Å². The first-order chi connectivity index (χ1) is 18.0. The maximum Gasteiger partial charge on any atom is 0.274 e. The van der Waals surface area contributed by atoms with Crippen LogP contribution in [0.25, 0.3) is 16.6 Å². The summed E-state index contributed by atoms with van der Waals surface area (Å²) >= 11 is 0. The minimum Gasteiger partial charge on any atom is -0.320 e. The smallest absolute Gasteiger partial charge is 0.274 e. The molecule has 3 N–H and O–H groups in total. The van der Waals surface area contributed by atoms with E-state index < -0.39 is 5.91 Å². The highest BCUT2D eigenvalue weighted by molar-refractivity contribution is 6.09. The maximum atomic E-state index is 13.3. The predicted molar refractivity (Wildman–Crippen MR) is 137 cm³/mol. The molecule has 0 aliphatic rings. The predicted octanol–water partition coefficient (Wildman–Crippen LogP) is 2.64. The molecule has 5 rings (SSSR count). The first-order valence-corrected chi connectivity index (χ1v) is 11.7. The highest BCUT2D eigenvalue weighted by Crippen LogP contribution is 2.28. The van der Waals surface area contributed by atoms with Gasteiger partial charge in [-0.2, -0.15) is 5.10 Å². The number of benzene rings is 1. The molecule has 37 heavy (non-hydrogen) atoms. The van der Waals surface area contributed by atoms with Crippen molar-refractivity contribution in [2.45, 2.75) is 26.8 Å². The summed E-state index contributed by atoms with van der Waals surface area (Å²) in [6, 6.07) is 14.7. The molecule has 0 aliphatic heterocycles. The van der Waals surface area contributed by atoms with E-state index in [0.717, 1.165) is 28.0 Å². The number of hydrogen-bond acceptors (Lipinski definition) is 6. The molecular weight excluding hydrogens is 472 g/mol. The van der Waals surface area contributed by atoms with Crippen LogP contribution in [0.15, 0.2) is 60.9 Å². The lowest BCUT2D eigenvalue weighted by Gasteiger charge is -2.09. The largest absolute Gasteiger partial charge is 0.320 e. The third kappa shape index (κ3) is 4.61. The third-order valence-corrected chi connectivity index (χ3v) is 5.94. The first-order valence-electron chi connectivity index (χ1n) is 11.7. The average molecular weight is 497 g/mol. The van der Waals surface area contributed by atoms with Gasteiger partial charge in [-0.1, -0.05) is 19.1 Å². The minimum atomic E-state index is -0.500. The summed E-state index contributed by atoms with van der Waals surface area (Å²) in [5.41, 5.74) is 9.61. The highest BCUT2D eigenvalue weighted by Gasteiger charge is 2.18. The van der Waals surface area contributed by atoms with E-state index in [2.05, 4.69) is 26.1 Å². The number of anilines is 1. The fourth-order valence-electron chi connectivity index (χ4n) is 4.26. The van der Waals surface area contributed by atoms with Gasteiger partial charge in [0.25, 0.3) is 11.8 Å². The molecule has 1 aromatic carbocycles. The van der Waals surface area contributed by atoms with Gasteiger partial charge < -0.3 is 5.32 Å². The number of aryl methyl sites for hydroxylation is 2. The number of carbonyl (C=O) groups excluding carboxylic acids is 3. The summed E-state index contributed by atoms with van der Waals surface area (Å²) in [6.07, 6.45) is 4.08. The lowest BCUT2D eigenvalue weighted by atomic mass is 10.1. The number of amides is 3. The van der Waals surface area contributed by atoms with E-state index in [9.17, 15) is 14.4 Å². The number of hydrazine groups is 1. The van der Waals surface area contributed by atoms with Crippen molar-refractivity contribution in [3.63, 3.8) is 0 Å². The molecule has 4 heterocycles. The topological polar surface area (TPSA) is 135 Å². The molecule has 0 bridgehead atoms. The number of fused-ring (bicyclic) bond motifs is 2. The molecule has 0 saturated heterocycles. The van der Waals surface area contributed by atoms with E-state index in [0.29, 0.717) is 36.4 Å². The second-order valence-corrected chi connectivity index (χ2v) is 8.39. The number of carbonyl (C=O) groups is 3. The van der Waals surface area contributed by atoms with Crippen molar-refractivity contribution >= 4 is 40.5 Å². The molecule has 11 nitrogen and oxygen atoms in total. The number of pyridine rings is 2. The Bertz CT molecular complexity index is 1650. The molecule has 0 aliphatic carbocycles. The molecule has 0 spiro atoms. The summed E-state index contributed by atoms with van der Waals surface area (Å²) in [7, 11) is 0. The Labute approximate surface area is 211 Å². The zero-order chi connectivity index (χ0) is 25.9. The van der Waals surface area contributed by atoms with Gasteiger partial charge in [-0.15, -0.1) is 0 Å². The van der Waals surface area contributed by atoms with Crippen LogP contribution in [0.1, 0.15) is 44.9 Å². The van der Waals surface area contributed by atoms with Crippen LogP contribution in [-0.4, -0.2) is 42.4 Å². The molecule has 4 aromatic heterocycles. The van der Waals surface area contributed by atoms with E-state index in [1.54, 1.807) is 10.6 Å². The second-order valence-electron chi connectivity index (χ2n) is 8.39. The van der Waals surface area contributed by atoms with Crippen LogP contribution in [0.4, 0.5) is 5.69 Å². The van der Waals surface area contributed by atoms with Gasteiger partial charge in [0.2, 0.25) is 6.41 Å². The first kappa shape index (κ1) is 23.7. The Morgan fingerprint density at radius 2 is 1.92 bits per heavy atom. The summed E-state index contributed by atoms with van der Waals surface area (Å²) in [4.78, 5) is 44.6. The Kier molecular flexibility index (Phi) is 6.33. The number of hydrogen-bond donors (Lipinski definition) is 3. The third-order valence-electron chi connectivity index (χ3n) is 5.94. The van der Waals surface area contributed by atoms with Gasteiger partial charge in [-0.25, -0.2) is 4.98 Å². The monoisotopic (exact) mass is 496 g/mol. The summed E-state index contributed by atoms with van der Waals surface area (Å²) in [5.74, 6) is -0.852. The van der Waals surface area contributed by atoms with Crippen molar-refractivity contribution in [1.29, 1.82) is 0 Å². The Morgan fingerprint density at radius 1 is 1.08 bits per heavy atom. The van der Waals surface area contributed by atoms with Crippen LogP contribution < -0.4 is 16.2 Å². The van der Waals surface area contributed by atoms with E-state index in [-0.39, 0.29) is 11.5 Å². The molecule has 0 unspecified atom stereocenters. The lowest BCUT2D eigenvalue weighted by molar-refractivity contribution is -0.110. The Morgan fingerprint density at radius 3 is 2.70 bits per heavy atom. The number of rotatable bonds is 8. The summed E-state index contributed by atoms with van der Waals surface area (Å²) in [6.45, 7) is 4.50. The summed E-state index contributed by atoms with van der Waals surface area (Å²) in [5, 5.41) is 8.69. The minimum absolute atomic E-state index is 0.285. The molecule has 11 heteroatoms. The molecule has 3 amide bonds. The quantitative estimate of drug-likeness (QED) is 0.223. The van der Waals surface area contributed by atoms with Crippen molar-refractivity contribution < 1.29 is 14.4 Å². The molecule has 5 aromatic rings. The lowest BCUT2D eigenvalue weighted by Crippen LogP contribution is -2.36. The highest BCUT2D eigenvalue weighted by atomic mass is 16.2. The Balaban J connectivity index is 1.45. The SMILES string of the molecule is CCc1nn(Cc2cccc(C)n2)c2cccc(NC(=O)c3cnc4cc(C(=O)NNC=O)ccn34)c12. The number of nitrogens with one attached hydrogen (secondary N) is 3. The van der Waals surface area contributed by atoms with E-state index in [1.807, 2.05) is 54.9 Å². The molecular formula is C26H24N8O3. The van der Waals surface area contributed by atoms with Crippen molar-refractivity contribution in [1.82, 2.24) is 35.0 Å². The van der Waals surface area contributed by atoms with Crippen molar-refractivity contribution in [2.75, 3.05) is 5.32 Å². The normalized spacial score (nSPS) is 11.0. The number of aromatic nitrogens is 5. The van der Waals surface area contributed by atoms with Gasteiger partial charge in [0, 0.05) is 22.8 Å². The zero-order valence-corrected chi connectivity index (χ0v) is 20.2. The van der Waals surface area contributed by atoms with Gasteiger partial charge in [0.05, 0.1) is 35.3 Å². The van der Waals surface area contributed by atoms with Crippen LogP contribution in [0.3, 0.4) is 0 Å². The fraction of sp³-hybridized carbons (Fsp3) is 0.154. The van der Waals surface area contributed by atoms with E-state index in [1.165, 1.54) is 18.3 Å². The maximum absolute atomic E-state index is 13.3. The standard InChI is InChI=1S/C26H24N8O3/c1-3-19-24-20(8-5-9-21(24)34(32-19)14-18-7-4-6-16(2)29-18)30-26(37)22-13-27-23-12-17(10-11-33(22)23)25(36)31-28-15-35/h4-13,15H,3,14H2,1-2H3,(H,28,35)(H,30,37)(H,31,36). The fourth-order valence-corrected chi connectivity index (χ4v) is 4.26. The number of nitrogens with zero attached hydrogens (tertiary/aromatic N) is 5. The van der Waals surface area contributed by atoms with Gasteiger partial charge >= 0.3 is 0 Å². The van der Waals surface area contributed by atoms with Crippen molar-refractivity contribution in [3.8, 4) is 0 Å². The molecule has 0 fully saturated rings. The molecule has 0 saturated carbocycles. The van der Waals surface area contributed by atoms with Crippen LogP contribution >= 0.6 is 0 Å². The van der Waals surface area contributed by atoms with Gasteiger partial charge in [0.1, 0.15) is 11.3 Å². The van der Waals surface area contributed by atoms with E-state index >= 15 is 0 Å². The van der Waals surface area contributed by atoms with E-state index in [4.69, 9.17) is 5.10 Å². The summed E-state index contributed by atoms with van der Waals surface area (Å²) < 4.78 is 3.50. The Hall–Kier alpha value is -5.06. The van der Waals surface area contributed by atoms with Crippen LogP contribution in [-0.2, 0) is 17.8 Å². The van der Waals surface area contributed by atoms with Crippen LogP contribution in [0, 0.1) is 6.92 Å². The van der Waals surface area contributed by atoms with Crippen molar-refractivity contribution in [3.05, 3.63) is 89.3 Å². The van der Waals surface area contributed by atoms with Crippen LogP contribution in [0.2, 0.25) is 0 Å². The van der Waals surface area contributed by atoms with Crippen LogP contribution in [0.5, 0.6) is 0 Å². The second kappa shape index (κ2) is 9.90. The average Bonchev–Trinajstić information content (AvgIpc) is 3.49.